The van der Waals surface area contributed by atoms with E-state index in [9.17, 15) is 14.4 Å². The summed E-state index contributed by atoms with van der Waals surface area (Å²) in [5.41, 5.74) is 7.08. The summed E-state index contributed by atoms with van der Waals surface area (Å²) in [5.74, 6) is -1.31. The summed E-state index contributed by atoms with van der Waals surface area (Å²) in [6.07, 6.45) is -0.471. The molecule has 0 spiro atoms. The van der Waals surface area contributed by atoms with Crippen LogP contribution in [0.2, 0.25) is 0 Å². The lowest BCUT2D eigenvalue weighted by molar-refractivity contribution is -0.129. The maximum Gasteiger partial charge on any atom is 0.408 e. The monoisotopic (exact) mass is 397 g/mol. The SMILES string of the molecule is CC(C)[C@@H](NC(=O)[C@@H](Cc1ccccc1)NC(=O)OCc1ccccc1)C(N)=O. The van der Waals surface area contributed by atoms with Gasteiger partial charge in [-0.15, -0.1) is 0 Å². The molecule has 0 bridgehead atoms. The fraction of sp³-hybridized carbons (Fsp3) is 0.318. The highest BCUT2D eigenvalue weighted by atomic mass is 16.5. The fourth-order valence-electron chi connectivity index (χ4n) is 2.79. The van der Waals surface area contributed by atoms with E-state index in [0.29, 0.717) is 0 Å². The van der Waals surface area contributed by atoms with E-state index in [4.69, 9.17) is 10.5 Å². The Bertz CT molecular complexity index is 809. The number of nitrogens with one attached hydrogen (secondary N) is 2. The van der Waals surface area contributed by atoms with Gasteiger partial charge in [-0.25, -0.2) is 4.79 Å². The summed E-state index contributed by atoms with van der Waals surface area (Å²) < 4.78 is 5.22. The molecule has 2 aromatic rings. The van der Waals surface area contributed by atoms with E-state index in [0.717, 1.165) is 11.1 Å². The van der Waals surface area contributed by atoms with Crippen molar-refractivity contribution in [2.75, 3.05) is 0 Å². The van der Waals surface area contributed by atoms with E-state index in [-0.39, 0.29) is 18.9 Å². The first-order valence-electron chi connectivity index (χ1n) is 9.47. The van der Waals surface area contributed by atoms with Crippen molar-refractivity contribution >= 4 is 17.9 Å². The van der Waals surface area contributed by atoms with E-state index in [2.05, 4.69) is 10.6 Å². The molecule has 0 saturated carbocycles. The largest absolute Gasteiger partial charge is 0.445 e. The molecule has 4 N–H and O–H groups in total. The Kier molecular flexibility index (Phi) is 8.21. The van der Waals surface area contributed by atoms with Crippen LogP contribution in [0.1, 0.15) is 25.0 Å². The average Bonchev–Trinajstić information content (AvgIpc) is 2.71. The first-order chi connectivity index (χ1) is 13.9. The van der Waals surface area contributed by atoms with E-state index in [1.54, 1.807) is 13.8 Å². The summed E-state index contributed by atoms with van der Waals surface area (Å²) >= 11 is 0. The van der Waals surface area contributed by atoms with Gasteiger partial charge < -0.3 is 21.1 Å². The molecule has 7 nitrogen and oxygen atoms in total. The standard InChI is InChI=1S/C22H27N3O4/c1-15(2)19(20(23)26)25-21(27)18(13-16-9-5-3-6-10-16)24-22(28)29-14-17-11-7-4-8-12-17/h3-12,15,18-19H,13-14H2,1-2H3,(H2,23,26)(H,24,28)(H,25,27)/t18-,19-/m1/s1. The Morgan fingerprint density at radius 1 is 0.897 bits per heavy atom. The Balaban J connectivity index is 2.06. The highest BCUT2D eigenvalue weighted by molar-refractivity contribution is 5.91. The molecule has 0 unspecified atom stereocenters. The molecule has 0 fully saturated rings. The van der Waals surface area contributed by atoms with Crippen molar-refractivity contribution in [3.05, 3.63) is 71.8 Å². The number of alkyl carbamates (subject to hydrolysis) is 1. The molecule has 0 aliphatic rings. The van der Waals surface area contributed by atoms with Crippen LogP contribution in [-0.4, -0.2) is 30.0 Å². The Morgan fingerprint density at radius 2 is 1.45 bits per heavy atom. The van der Waals surface area contributed by atoms with Crippen LogP contribution in [0.25, 0.3) is 0 Å². The third kappa shape index (κ3) is 7.29. The summed E-state index contributed by atoms with van der Waals surface area (Å²) in [5, 5.41) is 5.23. The Hall–Kier alpha value is -3.35. The molecule has 3 amide bonds. The zero-order valence-electron chi connectivity index (χ0n) is 16.6. The van der Waals surface area contributed by atoms with Gasteiger partial charge in [0.05, 0.1) is 0 Å². The minimum atomic E-state index is -0.915. The quantitative estimate of drug-likeness (QED) is 0.602. The van der Waals surface area contributed by atoms with Gasteiger partial charge in [-0.2, -0.15) is 0 Å². The van der Waals surface area contributed by atoms with E-state index < -0.39 is 30.0 Å². The number of carbonyl (C=O) groups is 3. The van der Waals surface area contributed by atoms with Crippen LogP contribution in [0.3, 0.4) is 0 Å². The van der Waals surface area contributed by atoms with Gasteiger partial charge in [0.15, 0.2) is 0 Å². The van der Waals surface area contributed by atoms with Gasteiger partial charge in [-0.05, 0) is 17.0 Å². The van der Waals surface area contributed by atoms with Crippen molar-refractivity contribution in [3.8, 4) is 0 Å². The van der Waals surface area contributed by atoms with Gasteiger partial charge in [-0.1, -0.05) is 74.5 Å². The maximum absolute atomic E-state index is 12.8. The van der Waals surface area contributed by atoms with Gasteiger partial charge in [0.2, 0.25) is 11.8 Å². The first kappa shape index (κ1) is 21.9. The molecule has 0 radical (unpaired) electrons. The third-order valence-corrected chi connectivity index (χ3v) is 4.37. The van der Waals surface area contributed by atoms with E-state index in [1.807, 2.05) is 60.7 Å². The molecule has 29 heavy (non-hydrogen) atoms. The van der Waals surface area contributed by atoms with Crippen molar-refractivity contribution in [1.29, 1.82) is 0 Å². The van der Waals surface area contributed by atoms with Crippen LogP contribution in [0.5, 0.6) is 0 Å². The molecular weight excluding hydrogens is 370 g/mol. The van der Waals surface area contributed by atoms with Crippen LogP contribution in [0.15, 0.2) is 60.7 Å². The molecule has 2 atom stereocenters. The van der Waals surface area contributed by atoms with Crippen molar-refractivity contribution in [1.82, 2.24) is 10.6 Å². The Labute approximate surface area is 170 Å². The number of nitrogens with two attached hydrogens (primary N) is 1. The van der Waals surface area contributed by atoms with Crippen molar-refractivity contribution in [3.63, 3.8) is 0 Å². The van der Waals surface area contributed by atoms with Crippen LogP contribution in [0.4, 0.5) is 4.79 Å². The number of hydrogen-bond acceptors (Lipinski definition) is 4. The molecule has 0 aliphatic heterocycles. The zero-order chi connectivity index (χ0) is 21.2. The molecule has 0 aliphatic carbocycles. The predicted molar refractivity (Wildman–Crippen MR) is 110 cm³/mol. The van der Waals surface area contributed by atoms with Crippen LogP contribution in [0, 0.1) is 5.92 Å². The molecule has 0 heterocycles. The molecule has 2 rings (SSSR count). The van der Waals surface area contributed by atoms with Crippen molar-refractivity contribution < 1.29 is 19.1 Å². The minimum Gasteiger partial charge on any atom is -0.445 e. The fourth-order valence-corrected chi connectivity index (χ4v) is 2.79. The molecule has 7 heteroatoms. The second-order valence-electron chi connectivity index (χ2n) is 7.08. The lowest BCUT2D eigenvalue weighted by atomic mass is 10.0. The lowest BCUT2D eigenvalue weighted by Gasteiger charge is -2.23. The summed E-state index contributed by atoms with van der Waals surface area (Å²) in [6, 6.07) is 16.7. The molecule has 0 aromatic heterocycles. The summed E-state index contributed by atoms with van der Waals surface area (Å²) in [4.78, 5) is 36.7. The Morgan fingerprint density at radius 3 is 1.97 bits per heavy atom. The minimum absolute atomic E-state index is 0.0856. The highest BCUT2D eigenvalue weighted by Gasteiger charge is 2.28. The highest BCUT2D eigenvalue weighted by Crippen LogP contribution is 2.07. The average molecular weight is 397 g/mol. The van der Waals surface area contributed by atoms with Gasteiger partial charge >= 0.3 is 6.09 Å². The maximum atomic E-state index is 12.8. The summed E-state index contributed by atoms with van der Waals surface area (Å²) in [6.45, 7) is 3.65. The third-order valence-electron chi connectivity index (χ3n) is 4.37. The molecule has 2 aromatic carbocycles. The van der Waals surface area contributed by atoms with Gasteiger partial charge in [0, 0.05) is 6.42 Å². The molecule has 0 saturated heterocycles. The van der Waals surface area contributed by atoms with Gasteiger partial charge in [0.25, 0.3) is 0 Å². The second kappa shape index (κ2) is 10.8. The number of benzene rings is 2. The number of ether oxygens (including phenoxy) is 1. The molecular formula is C22H27N3O4. The van der Waals surface area contributed by atoms with Crippen molar-refractivity contribution in [2.45, 2.75) is 39.0 Å². The number of primary amides is 1. The topological polar surface area (TPSA) is 111 Å². The molecule has 154 valence electrons. The predicted octanol–water partition coefficient (Wildman–Crippen LogP) is 2.15. The smallest absolute Gasteiger partial charge is 0.408 e. The first-order valence-corrected chi connectivity index (χ1v) is 9.47. The summed E-state index contributed by atoms with van der Waals surface area (Å²) in [7, 11) is 0. The number of amides is 3. The number of rotatable bonds is 9. The van der Waals surface area contributed by atoms with Crippen LogP contribution in [-0.2, 0) is 27.4 Å². The van der Waals surface area contributed by atoms with Crippen LogP contribution >= 0.6 is 0 Å². The van der Waals surface area contributed by atoms with E-state index in [1.165, 1.54) is 0 Å². The van der Waals surface area contributed by atoms with Crippen molar-refractivity contribution in [2.24, 2.45) is 11.7 Å². The normalized spacial score (nSPS) is 12.7. The zero-order valence-corrected chi connectivity index (χ0v) is 16.6. The van der Waals surface area contributed by atoms with E-state index >= 15 is 0 Å². The second-order valence-corrected chi connectivity index (χ2v) is 7.08. The number of hydrogen-bond donors (Lipinski definition) is 3. The lowest BCUT2D eigenvalue weighted by Crippen LogP contribution is -2.55. The number of carbonyl (C=O) groups excluding carboxylic acids is 3. The van der Waals surface area contributed by atoms with Gasteiger partial charge in [-0.3, -0.25) is 9.59 Å². The van der Waals surface area contributed by atoms with Gasteiger partial charge in [0.1, 0.15) is 18.7 Å². The van der Waals surface area contributed by atoms with Crippen LogP contribution < -0.4 is 16.4 Å².